The molecule has 6 heteroatoms. The lowest BCUT2D eigenvalue weighted by molar-refractivity contribution is 0.606. The average Bonchev–Trinajstić information content (AvgIpc) is 2.83. The molecule has 3 heterocycles. The van der Waals surface area contributed by atoms with Crippen LogP contribution in [0.15, 0.2) is 0 Å². The molecule has 19 heavy (non-hydrogen) atoms. The lowest BCUT2D eigenvalue weighted by Gasteiger charge is -2.29. The van der Waals surface area contributed by atoms with E-state index in [0.29, 0.717) is 12.0 Å². The van der Waals surface area contributed by atoms with Gasteiger partial charge in [0.2, 0.25) is 5.95 Å². The number of aromatic nitrogens is 2. The van der Waals surface area contributed by atoms with Crippen LogP contribution in [0.4, 0.5) is 17.6 Å². The number of rotatable bonds is 2. The van der Waals surface area contributed by atoms with Gasteiger partial charge in [0.25, 0.3) is 0 Å². The molecule has 1 aromatic heterocycles. The minimum absolute atomic E-state index is 0.242. The first-order chi connectivity index (χ1) is 9.17. The third-order valence-corrected chi connectivity index (χ3v) is 4.10. The SMILES string of the molecule is CCC1CCc2c(nc(N)nc2N2CC[C@@H](N)C2)N1. The number of nitrogens with two attached hydrogens (primary N) is 2. The maximum absolute atomic E-state index is 5.99. The second-order valence-corrected chi connectivity index (χ2v) is 5.52. The molecule has 1 fully saturated rings. The average molecular weight is 262 g/mol. The van der Waals surface area contributed by atoms with Gasteiger partial charge < -0.3 is 21.7 Å². The molecule has 0 amide bonds. The molecular formula is C13H22N6. The van der Waals surface area contributed by atoms with E-state index in [-0.39, 0.29) is 6.04 Å². The van der Waals surface area contributed by atoms with E-state index in [1.807, 2.05) is 0 Å². The van der Waals surface area contributed by atoms with Crippen molar-refractivity contribution in [3.63, 3.8) is 0 Å². The van der Waals surface area contributed by atoms with Crippen molar-refractivity contribution in [1.29, 1.82) is 0 Å². The number of fused-ring (bicyclic) bond motifs is 1. The summed E-state index contributed by atoms with van der Waals surface area (Å²) in [6.45, 7) is 4.01. The van der Waals surface area contributed by atoms with E-state index in [9.17, 15) is 0 Å². The summed E-state index contributed by atoms with van der Waals surface area (Å²) >= 11 is 0. The highest BCUT2D eigenvalue weighted by Crippen LogP contribution is 2.33. The fourth-order valence-corrected chi connectivity index (χ4v) is 2.97. The standard InChI is InChI=1S/C13H22N6/c1-2-9-3-4-10-11(16-9)17-13(15)18-12(10)19-6-5-8(14)7-19/h8-9H,2-7,14H2,1H3,(H3,15,16,17,18)/t8-,9?/m1/s1. The van der Waals surface area contributed by atoms with Crippen molar-refractivity contribution in [3.05, 3.63) is 5.56 Å². The zero-order chi connectivity index (χ0) is 13.4. The predicted octanol–water partition coefficient (Wildman–Crippen LogP) is 0.733. The Kier molecular flexibility index (Phi) is 3.18. The summed E-state index contributed by atoms with van der Waals surface area (Å²) in [6, 6.07) is 0.738. The largest absolute Gasteiger partial charge is 0.368 e. The van der Waals surface area contributed by atoms with Crippen molar-refractivity contribution >= 4 is 17.6 Å². The van der Waals surface area contributed by atoms with Gasteiger partial charge in [-0.25, -0.2) is 0 Å². The maximum atomic E-state index is 5.99. The monoisotopic (exact) mass is 262 g/mol. The summed E-state index contributed by atoms with van der Waals surface area (Å²) in [5, 5.41) is 3.47. The Bertz CT molecular complexity index is 474. The highest BCUT2D eigenvalue weighted by Gasteiger charge is 2.28. The molecule has 2 aliphatic heterocycles. The van der Waals surface area contributed by atoms with Gasteiger partial charge in [-0.3, -0.25) is 0 Å². The molecule has 3 rings (SSSR count). The second-order valence-electron chi connectivity index (χ2n) is 5.52. The molecule has 0 aliphatic carbocycles. The van der Waals surface area contributed by atoms with Gasteiger partial charge in [-0.2, -0.15) is 9.97 Å². The molecule has 1 aromatic rings. The van der Waals surface area contributed by atoms with Gasteiger partial charge in [0.1, 0.15) is 11.6 Å². The third kappa shape index (κ3) is 2.32. The zero-order valence-electron chi connectivity index (χ0n) is 11.4. The van der Waals surface area contributed by atoms with E-state index in [1.165, 1.54) is 5.56 Å². The van der Waals surface area contributed by atoms with Crippen molar-refractivity contribution in [2.24, 2.45) is 5.73 Å². The number of anilines is 3. The molecule has 2 aliphatic rings. The van der Waals surface area contributed by atoms with E-state index in [4.69, 9.17) is 11.5 Å². The Morgan fingerprint density at radius 2 is 2.21 bits per heavy atom. The molecule has 0 saturated carbocycles. The summed E-state index contributed by atoms with van der Waals surface area (Å²) in [5.41, 5.74) is 13.0. The predicted molar refractivity (Wildman–Crippen MR) is 77.3 cm³/mol. The summed E-state index contributed by atoms with van der Waals surface area (Å²) in [6.07, 6.45) is 4.27. The quantitative estimate of drug-likeness (QED) is 0.727. The van der Waals surface area contributed by atoms with E-state index in [0.717, 1.165) is 50.4 Å². The van der Waals surface area contributed by atoms with Crippen molar-refractivity contribution < 1.29 is 0 Å². The minimum atomic E-state index is 0.242. The number of nitrogens with zero attached hydrogens (tertiary/aromatic N) is 3. The zero-order valence-corrected chi connectivity index (χ0v) is 11.4. The fourth-order valence-electron chi connectivity index (χ4n) is 2.97. The fraction of sp³-hybridized carbons (Fsp3) is 0.692. The van der Waals surface area contributed by atoms with Gasteiger partial charge in [0.05, 0.1) is 0 Å². The molecule has 1 saturated heterocycles. The van der Waals surface area contributed by atoms with Gasteiger partial charge >= 0.3 is 0 Å². The van der Waals surface area contributed by atoms with Crippen LogP contribution in [0.2, 0.25) is 0 Å². The van der Waals surface area contributed by atoms with Crippen molar-refractivity contribution in [1.82, 2.24) is 9.97 Å². The first-order valence-electron chi connectivity index (χ1n) is 7.10. The van der Waals surface area contributed by atoms with Crippen LogP contribution in [0.3, 0.4) is 0 Å². The van der Waals surface area contributed by atoms with Crippen LogP contribution < -0.4 is 21.7 Å². The first-order valence-corrected chi connectivity index (χ1v) is 7.10. The van der Waals surface area contributed by atoms with E-state index in [2.05, 4.69) is 27.1 Å². The molecule has 2 atom stereocenters. The van der Waals surface area contributed by atoms with Gasteiger partial charge in [0.15, 0.2) is 0 Å². The topological polar surface area (TPSA) is 93.1 Å². The van der Waals surface area contributed by atoms with Crippen LogP contribution in [0.25, 0.3) is 0 Å². The van der Waals surface area contributed by atoms with Crippen molar-refractivity contribution in [2.75, 3.05) is 29.0 Å². The Labute approximate surface area is 113 Å². The molecule has 0 radical (unpaired) electrons. The molecule has 104 valence electrons. The van der Waals surface area contributed by atoms with Gasteiger partial charge in [-0.1, -0.05) is 6.92 Å². The molecule has 0 bridgehead atoms. The highest BCUT2D eigenvalue weighted by molar-refractivity contribution is 5.63. The Hall–Kier alpha value is -1.56. The highest BCUT2D eigenvalue weighted by atomic mass is 15.3. The van der Waals surface area contributed by atoms with Crippen LogP contribution in [-0.4, -0.2) is 35.1 Å². The molecule has 6 nitrogen and oxygen atoms in total. The Morgan fingerprint density at radius 3 is 2.89 bits per heavy atom. The molecule has 5 N–H and O–H groups in total. The molecular weight excluding hydrogens is 240 g/mol. The van der Waals surface area contributed by atoms with Crippen molar-refractivity contribution in [2.45, 2.75) is 44.7 Å². The number of nitrogen functional groups attached to an aromatic ring is 1. The first kappa shape index (κ1) is 12.5. The van der Waals surface area contributed by atoms with Gasteiger partial charge in [0, 0.05) is 30.7 Å². The number of nitrogens with one attached hydrogen (secondary N) is 1. The summed E-state index contributed by atoms with van der Waals surface area (Å²) in [7, 11) is 0. The van der Waals surface area contributed by atoms with E-state index < -0.39 is 0 Å². The lowest BCUT2D eigenvalue weighted by atomic mass is 9.99. The summed E-state index contributed by atoms with van der Waals surface area (Å²) in [5.74, 6) is 2.25. The van der Waals surface area contributed by atoms with Crippen LogP contribution >= 0.6 is 0 Å². The van der Waals surface area contributed by atoms with Crippen LogP contribution in [-0.2, 0) is 6.42 Å². The van der Waals surface area contributed by atoms with Gasteiger partial charge in [-0.05, 0) is 25.7 Å². The van der Waals surface area contributed by atoms with Crippen molar-refractivity contribution in [3.8, 4) is 0 Å². The van der Waals surface area contributed by atoms with Crippen LogP contribution in [0.1, 0.15) is 31.7 Å². The normalized spacial score (nSPS) is 26.1. The summed E-state index contributed by atoms with van der Waals surface area (Å²) < 4.78 is 0. The Balaban J connectivity index is 1.94. The molecule has 0 aromatic carbocycles. The smallest absolute Gasteiger partial charge is 0.223 e. The molecule has 0 spiro atoms. The van der Waals surface area contributed by atoms with Crippen LogP contribution in [0.5, 0.6) is 0 Å². The van der Waals surface area contributed by atoms with Gasteiger partial charge in [-0.15, -0.1) is 0 Å². The Morgan fingerprint density at radius 1 is 1.37 bits per heavy atom. The maximum Gasteiger partial charge on any atom is 0.223 e. The number of hydrogen-bond donors (Lipinski definition) is 3. The summed E-state index contributed by atoms with van der Waals surface area (Å²) in [4.78, 5) is 11.1. The van der Waals surface area contributed by atoms with E-state index >= 15 is 0 Å². The lowest BCUT2D eigenvalue weighted by Crippen LogP contribution is -2.31. The molecule has 1 unspecified atom stereocenters. The minimum Gasteiger partial charge on any atom is -0.368 e. The second kappa shape index (κ2) is 4.85. The van der Waals surface area contributed by atoms with Crippen LogP contribution in [0, 0.1) is 0 Å². The van der Waals surface area contributed by atoms with E-state index in [1.54, 1.807) is 0 Å². The number of hydrogen-bond acceptors (Lipinski definition) is 6. The third-order valence-electron chi connectivity index (χ3n) is 4.10.